The molecule has 1 fully saturated rings. The third kappa shape index (κ3) is 6.38. The summed E-state index contributed by atoms with van der Waals surface area (Å²) >= 11 is 13.4. The number of amides is 2. The Morgan fingerprint density at radius 2 is 1.78 bits per heavy atom. The average Bonchev–Trinajstić information content (AvgIpc) is 3.23. The van der Waals surface area contributed by atoms with Crippen LogP contribution in [-0.2, 0) is 11.3 Å². The van der Waals surface area contributed by atoms with Crippen molar-refractivity contribution >= 4 is 46.5 Å². The third-order valence-electron chi connectivity index (χ3n) is 6.28. The van der Waals surface area contributed by atoms with Gasteiger partial charge in [0.05, 0.1) is 6.61 Å². The van der Waals surface area contributed by atoms with Crippen LogP contribution >= 0.6 is 34.7 Å². The lowest BCUT2D eigenvalue weighted by atomic mass is 9.94. The van der Waals surface area contributed by atoms with Crippen molar-refractivity contribution in [1.29, 1.82) is 0 Å². The first kappa shape index (κ1) is 26.5. The Morgan fingerprint density at radius 1 is 1.08 bits per heavy atom. The van der Waals surface area contributed by atoms with Gasteiger partial charge >= 0.3 is 0 Å². The highest BCUT2D eigenvalue weighted by Crippen LogP contribution is 2.34. The van der Waals surface area contributed by atoms with Crippen LogP contribution in [0.15, 0.2) is 54.6 Å². The van der Waals surface area contributed by atoms with Gasteiger partial charge in [-0.25, -0.2) is 0 Å². The first-order valence-corrected chi connectivity index (χ1v) is 13.7. The van der Waals surface area contributed by atoms with E-state index in [0.717, 1.165) is 42.8 Å². The van der Waals surface area contributed by atoms with Crippen molar-refractivity contribution in [3.8, 4) is 5.75 Å². The standard InChI is InChI=1S/C27H29Cl2N3O3S/c1-2-35-21-15-13-19(14-16-21)24(26(33)30-20-11-7-4-8-12-20)32(17-18-9-5-3-6-10-18)27(34)23-22(28)25(29)36-31-23/h3,5-6,9-10,13-16,20,24H,2,4,7-8,11-12,17H2,1H3,(H,30,33). The van der Waals surface area contributed by atoms with Crippen molar-refractivity contribution in [3.63, 3.8) is 0 Å². The minimum Gasteiger partial charge on any atom is -0.494 e. The minimum atomic E-state index is -0.896. The van der Waals surface area contributed by atoms with Crippen molar-refractivity contribution in [2.45, 2.75) is 57.7 Å². The maximum Gasteiger partial charge on any atom is 0.276 e. The molecule has 0 aliphatic heterocycles. The molecule has 1 aromatic heterocycles. The molecule has 3 aromatic rings. The van der Waals surface area contributed by atoms with Gasteiger partial charge in [-0.1, -0.05) is 84.9 Å². The first-order valence-electron chi connectivity index (χ1n) is 12.2. The molecule has 1 aliphatic rings. The van der Waals surface area contributed by atoms with E-state index < -0.39 is 11.9 Å². The Morgan fingerprint density at radius 3 is 2.39 bits per heavy atom. The van der Waals surface area contributed by atoms with E-state index in [-0.39, 0.29) is 33.5 Å². The lowest BCUT2D eigenvalue weighted by molar-refractivity contribution is -0.127. The molecule has 6 nitrogen and oxygen atoms in total. The number of nitrogens with zero attached hydrogens (tertiary/aromatic N) is 2. The highest BCUT2D eigenvalue weighted by atomic mass is 35.5. The van der Waals surface area contributed by atoms with Gasteiger partial charge in [-0.3, -0.25) is 9.59 Å². The van der Waals surface area contributed by atoms with E-state index in [0.29, 0.717) is 17.9 Å². The molecule has 1 aliphatic carbocycles. The number of halogens is 2. The van der Waals surface area contributed by atoms with E-state index in [9.17, 15) is 9.59 Å². The number of aromatic nitrogens is 1. The SMILES string of the molecule is CCOc1ccc(C(C(=O)NC2CCCCC2)N(Cc2ccccc2)C(=O)c2nsc(Cl)c2Cl)cc1. The van der Waals surface area contributed by atoms with Gasteiger partial charge in [-0.15, -0.1) is 0 Å². The number of carbonyl (C=O) groups is 2. The summed E-state index contributed by atoms with van der Waals surface area (Å²) in [5.41, 5.74) is 1.60. The van der Waals surface area contributed by atoms with E-state index in [2.05, 4.69) is 9.69 Å². The van der Waals surface area contributed by atoms with E-state index in [1.807, 2.05) is 61.5 Å². The van der Waals surface area contributed by atoms with E-state index in [4.69, 9.17) is 27.9 Å². The summed E-state index contributed by atoms with van der Waals surface area (Å²) in [7, 11) is 0. The Kier molecular flexibility index (Phi) is 9.24. The van der Waals surface area contributed by atoms with Crippen LogP contribution in [0, 0.1) is 0 Å². The molecule has 190 valence electrons. The predicted octanol–water partition coefficient (Wildman–Crippen LogP) is 6.68. The van der Waals surface area contributed by atoms with Gasteiger partial charge < -0.3 is 15.0 Å². The summed E-state index contributed by atoms with van der Waals surface area (Å²) in [4.78, 5) is 29.3. The second kappa shape index (κ2) is 12.6. The van der Waals surface area contributed by atoms with Crippen LogP contribution in [0.3, 0.4) is 0 Å². The maximum atomic E-state index is 13.9. The molecule has 1 heterocycles. The summed E-state index contributed by atoms with van der Waals surface area (Å²) in [6.45, 7) is 2.64. The molecule has 0 spiro atoms. The summed E-state index contributed by atoms with van der Waals surface area (Å²) in [6, 6.07) is 16.0. The predicted molar refractivity (Wildman–Crippen MR) is 144 cm³/mol. The van der Waals surface area contributed by atoms with Crippen molar-refractivity contribution < 1.29 is 14.3 Å². The second-order valence-corrected chi connectivity index (χ2v) is 10.5. The molecule has 2 amide bonds. The maximum absolute atomic E-state index is 13.9. The van der Waals surface area contributed by atoms with Gasteiger partial charge in [0.1, 0.15) is 21.2 Å². The quantitative estimate of drug-likeness (QED) is 0.325. The minimum absolute atomic E-state index is 0.0454. The topological polar surface area (TPSA) is 71.5 Å². The molecule has 2 aromatic carbocycles. The van der Waals surface area contributed by atoms with Gasteiger partial charge in [0, 0.05) is 12.6 Å². The van der Waals surface area contributed by atoms with Crippen LogP contribution in [0.1, 0.15) is 66.7 Å². The monoisotopic (exact) mass is 545 g/mol. The fourth-order valence-electron chi connectivity index (χ4n) is 4.50. The Balaban J connectivity index is 1.75. The fourth-order valence-corrected chi connectivity index (χ4v) is 5.49. The Hall–Kier alpha value is -2.61. The largest absolute Gasteiger partial charge is 0.494 e. The molecule has 1 saturated carbocycles. The molecule has 1 atom stereocenters. The van der Waals surface area contributed by atoms with Gasteiger partial charge in [0.25, 0.3) is 5.91 Å². The lowest BCUT2D eigenvalue weighted by Gasteiger charge is -2.33. The average molecular weight is 547 g/mol. The Bertz CT molecular complexity index is 1160. The van der Waals surface area contributed by atoms with Crippen molar-refractivity contribution in [2.75, 3.05) is 6.61 Å². The lowest BCUT2D eigenvalue weighted by Crippen LogP contribution is -2.47. The van der Waals surface area contributed by atoms with Crippen LogP contribution in [-0.4, -0.2) is 33.7 Å². The molecular formula is C27H29Cl2N3O3S. The second-order valence-electron chi connectivity index (χ2n) is 8.79. The van der Waals surface area contributed by atoms with Crippen molar-refractivity contribution in [3.05, 3.63) is 80.8 Å². The zero-order valence-corrected chi connectivity index (χ0v) is 22.4. The third-order valence-corrected chi connectivity index (χ3v) is 7.89. The van der Waals surface area contributed by atoms with Crippen LogP contribution in [0.25, 0.3) is 0 Å². The number of nitrogens with one attached hydrogen (secondary N) is 1. The molecule has 9 heteroatoms. The summed E-state index contributed by atoms with van der Waals surface area (Å²) in [5.74, 6) is 0.0143. The normalized spacial score (nSPS) is 14.8. The molecule has 0 radical (unpaired) electrons. The molecular weight excluding hydrogens is 517 g/mol. The molecule has 0 saturated heterocycles. The van der Waals surface area contributed by atoms with Crippen LogP contribution in [0.5, 0.6) is 5.75 Å². The summed E-state index contributed by atoms with van der Waals surface area (Å²) in [5, 5.41) is 3.31. The summed E-state index contributed by atoms with van der Waals surface area (Å²) in [6.07, 6.45) is 5.21. The van der Waals surface area contributed by atoms with Crippen LogP contribution in [0.4, 0.5) is 0 Å². The molecule has 36 heavy (non-hydrogen) atoms. The zero-order chi connectivity index (χ0) is 25.5. The number of ether oxygens (including phenoxy) is 1. The molecule has 0 bridgehead atoms. The number of hydrogen-bond acceptors (Lipinski definition) is 5. The van der Waals surface area contributed by atoms with Crippen LogP contribution < -0.4 is 10.1 Å². The number of hydrogen-bond donors (Lipinski definition) is 1. The highest BCUT2D eigenvalue weighted by molar-refractivity contribution is 7.11. The molecule has 1 unspecified atom stereocenters. The fraction of sp³-hybridized carbons (Fsp3) is 0.370. The highest BCUT2D eigenvalue weighted by Gasteiger charge is 2.35. The van der Waals surface area contributed by atoms with Gasteiger partial charge in [-0.2, -0.15) is 4.37 Å². The van der Waals surface area contributed by atoms with E-state index in [1.165, 1.54) is 11.3 Å². The van der Waals surface area contributed by atoms with Crippen LogP contribution in [0.2, 0.25) is 9.36 Å². The van der Waals surface area contributed by atoms with Crippen molar-refractivity contribution in [1.82, 2.24) is 14.6 Å². The number of rotatable bonds is 9. The molecule has 1 N–H and O–H groups in total. The smallest absolute Gasteiger partial charge is 0.276 e. The summed E-state index contributed by atoms with van der Waals surface area (Å²) < 4.78 is 10.0. The van der Waals surface area contributed by atoms with E-state index in [1.54, 1.807) is 0 Å². The zero-order valence-electron chi connectivity index (χ0n) is 20.1. The number of carbonyl (C=O) groups excluding carboxylic acids is 2. The molecule has 4 rings (SSSR count). The van der Waals surface area contributed by atoms with Crippen molar-refractivity contribution in [2.24, 2.45) is 0 Å². The Labute approximate surface area is 225 Å². The number of benzene rings is 2. The van der Waals surface area contributed by atoms with Gasteiger partial charge in [0.15, 0.2) is 5.69 Å². The van der Waals surface area contributed by atoms with Gasteiger partial charge in [-0.05, 0) is 54.6 Å². The van der Waals surface area contributed by atoms with E-state index >= 15 is 0 Å². The first-order chi connectivity index (χ1) is 17.5. The van der Waals surface area contributed by atoms with Gasteiger partial charge in [0.2, 0.25) is 5.91 Å².